The van der Waals surface area contributed by atoms with E-state index in [2.05, 4.69) is 12.1 Å². The summed E-state index contributed by atoms with van der Waals surface area (Å²) in [5.41, 5.74) is 2.85. The fourth-order valence-corrected chi connectivity index (χ4v) is 2.88. The van der Waals surface area contributed by atoms with E-state index in [0.29, 0.717) is 12.0 Å². The highest BCUT2D eigenvalue weighted by atomic mass is 16.3. The van der Waals surface area contributed by atoms with Crippen molar-refractivity contribution in [1.82, 2.24) is 0 Å². The first-order chi connectivity index (χ1) is 9.25. The number of hydrogen-bond acceptors (Lipinski definition) is 2. The van der Waals surface area contributed by atoms with Gasteiger partial charge in [0, 0.05) is 6.42 Å². The van der Waals surface area contributed by atoms with Crippen LogP contribution in [0, 0.1) is 0 Å². The monoisotopic (exact) mass is 252 g/mol. The Morgan fingerprint density at radius 2 is 1.84 bits per heavy atom. The number of ketones is 1. The normalized spacial score (nSPS) is 17.5. The van der Waals surface area contributed by atoms with Crippen LogP contribution in [0.1, 0.15) is 40.2 Å². The third-order valence-corrected chi connectivity index (χ3v) is 3.85. The van der Waals surface area contributed by atoms with Gasteiger partial charge < -0.3 is 5.11 Å². The molecule has 1 atom stereocenters. The molecule has 96 valence electrons. The fraction of sp³-hybridized carbons (Fsp3) is 0.235. The van der Waals surface area contributed by atoms with Crippen molar-refractivity contribution < 1.29 is 9.90 Å². The first kappa shape index (κ1) is 12.0. The average molecular weight is 252 g/mol. The second-order valence-electron chi connectivity index (χ2n) is 5.09. The molecule has 19 heavy (non-hydrogen) atoms. The molecule has 1 unspecified atom stereocenters. The molecular weight excluding hydrogens is 236 g/mol. The summed E-state index contributed by atoms with van der Waals surface area (Å²) in [7, 11) is 0. The third kappa shape index (κ3) is 2.26. The zero-order chi connectivity index (χ0) is 13.2. The number of benzene rings is 2. The summed E-state index contributed by atoms with van der Waals surface area (Å²) in [6, 6.07) is 15.7. The van der Waals surface area contributed by atoms with E-state index in [1.165, 1.54) is 5.56 Å². The Bertz CT molecular complexity index is 602. The first-order valence-electron chi connectivity index (χ1n) is 6.64. The van der Waals surface area contributed by atoms with Crippen LogP contribution in [-0.4, -0.2) is 10.9 Å². The quantitative estimate of drug-likeness (QED) is 0.904. The number of aromatic hydroxyl groups is 1. The van der Waals surface area contributed by atoms with Crippen LogP contribution in [0.5, 0.6) is 5.75 Å². The van der Waals surface area contributed by atoms with Crippen molar-refractivity contribution in [2.45, 2.75) is 25.2 Å². The molecule has 0 heterocycles. The van der Waals surface area contributed by atoms with E-state index in [4.69, 9.17) is 0 Å². The molecule has 1 N–H and O–H groups in total. The Hall–Kier alpha value is -2.09. The average Bonchev–Trinajstić information content (AvgIpc) is 2.76. The lowest BCUT2D eigenvalue weighted by atomic mass is 9.94. The molecule has 3 rings (SSSR count). The van der Waals surface area contributed by atoms with Crippen molar-refractivity contribution in [2.75, 3.05) is 0 Å². The number of fused-ring (bicyclic) bond motifs is 1. The van der Waals surface area contributed by atoms with Gasteiger partial charge in [-0.2, -0.15) is 0 Å². The topological polar surface area (TPSA) is 37.3 Å². The number of phenolic OH excluding ortho intramolecular Hbond substituents is 1. The largest absolute Gasteiger partial charge is 0.507 e. The predicted molar refractivity (Wildman–Crippen MR) is 74.6 cm³/mol. The third-order valence-electron chi connectivity index (χ3n) is 3.85. The van der Waals surface area contributed by atoms with Crippen LogP contribution in [0.4, 0.5) is 0 Å². The van der Waals surface area contributed by atoms with Gasteiger partial charge in [0.15, 0.2) is 5.78 Å². The molecule has 0 spiro atoms. The van der Waals surface area contributed by atoms with Crippen molar-refractivity contribution in [1.29, 1.82) is 0 Å². The van der Waals surface area contributed by atoms with Gasteiger partial charge in [0.1, 0.15) is 5.75 Å². The van der Waals surface area contributed by atoms with Crippen LogP contribution < -0.4 is 0 Å². The van der Waals surface area contributed by atoms with E-state index < -0.39 is 0 Å². The second-order valence-corrected chi connectivity index (χ2v) is 5.09. The summed E-state index contributed by atoms with van der Waals surface area (Å²) in [5, 5.41) is 9.78. The van der Waals surface area contributed by atoms with Gasteiger partial charge in [-0.15, -0.1) is 0 Å². The van der Waals surface area contributed by atoms with Crippen LogP contribution in [0.25, 0.3) is 0 Å². The van der Waals surface area contributed by atoms with Crippen LogP contribution >= 0.6 is 0 Å². The number of rotatable bonds is 3. The maximum absolute atomic E-state index is 11.9. The molecule has 0 saturated carbocycles. The molecule has 0 bridgehead atoms. The lowest BCUT2D eigenvalue weighted by Crippen LogP contribution is -1.97. The molecule has 0 aromatic heterocycles. The Balaban J connectivity index is 1.78. The summed E-state index contributed by atoms with van der Waals surface area (Å²) in [5.74, 6) is 0.450. The van der Waals surface area contributed by atoms with E-state index in [-0.39, 0.29) is 17.5 Å². The van der Waals surface area contributed by atoms with E-state index >= 15 is 0 Å². The van der Waals surface area contributed by atoms with Gasteiger partial charge in [0.2, 0.25) is 0 Å². The van der Waals surface area contributed by atoms with Crippen LogP contribution in [0.3, 0.4) is 0 Å². The first-order valence-corrected chi connectivity index (χ1v) is 6.64. The van der Waals surface area contributed by atoms with Crippen LogP contribution in [0.2, 0.25) is 0 Å². The number of Topliss-reactive ketones (excluding diaryl/α,β-unsaturated/α-hetero) is 1. The van der Waals surface area contributed by atoms with E-state index in [0.717, 1.165) is 18.4 Å². The van der Waals surface area contributed by atoms with Crippen molar-refractivity contribution in [3.05, 3.63) is 65.2 Å². The zero-order valence-electron chi connectivity index (χ0n) is 10.7. The van der Waals surface area contributed by atoms with Crippen LogP contribution in [0.15, 0.2) is 48.5 Å². The molecule has 1 aliphatic carbocycles. The lowest BCUT2D eigenvalue weighted by Gasteiger charge is -2.10. The Kier molecular flexibility index (Phi) is 3.08. The van der Waals surface area contributed by atoms with Gasteiger partial charge in [-0.25, -0.2) is 0 Å². The summed E-state index contributed by atoms with van der Waals surface area (Å²) < 4.78 is 0. The molecule has 1 aliphatic rings. The van der Waals surface area contributed by atoms with Crippen molar-refractivity contribution in [3.63, 3.8) is 0 Å². The zero-order valence-corrected chi connectivity index (χ0v) is 10.7. The Morgan fingerprint density at radius 3 is 2.63 bits per heavy atom. The molecule has 0 aliphatic heterocycles. The Labute approximate surface area is 112 Å². The molecule has 2 heteroatoms. The minimum absolute atomic E-state index is 0.0751. The molecule has 0 radical (unpaired) electrons. The summed E-state index contributed by atoms with van der Waals surface area (Å²) in [6.07, 6.45) is 2.44. The van der Waals surface area contributed by atoms with Gasteiger partial charge in [0.25, 0.3) is 0 Å². The minimum atomic E-state index is 0.0751. The lowest BCUT2D eigenvalue weighted by molar-refractivity contribution is 0.0986. The molecule has 0 saturated heterocycles. The number of aryl methyl sites for hydroxylation is 1. The molecule has 0 amide bonds. The van der Waals surface area contributed by atoms with E-state index in [1.54, 1.807) is 6.07 Å². The van der Waals surface area contributed by atoms with Gasteiger partial charge in [0.05, 0.1) is 5.56 Å². The SMILES string of the molecule is O=C1CC(CCc2ccccc2)c2cccc(O)c21. The predicted octanol–water partition coefficient (Wildman–Crippen LogP) is 3.70. The van der Waals surface area contributed by atoms with E-state index in [1.807, 2.05) is 30.3 Å². The van der Waals surface area contributed by atoms with Gasteiger partial charge in [-0.1, -0.05) is 42.5 Å². The maximum Gasteiger partial charge on any atom is 0.167 e. The highest BCUT2D eigenvalue weighted by Crippen LogP contribution is 2.40. The summed E-state index contributed by atoms with van der Waals surface area (Å²) in [6.45, 7) is 0. The summed E-state index contributed by atoms with van der Waals surface area (Å²) in [4.78, 5) is 11.9. The molecule has 2 aromatic rings. The smallest absolute Gasteiger partial charge is 0.167 e. The van der Waals surface area contributed by atoms with Gasteiger partial charge >= 0.3 is 0 Å². The molecule has 0 fully saturated rings. The second kappa shape index (κ2) is 4.88. The van der Waals surface area contributed by atoms with Crippen LogP contribution in [-0.2, 0) is 6.42 Å². The summed E-state index contributed by atoms with van der Waals surface area (Å²) >= 11 is 0. The van der Waals surface area contributed by atoms with Gasteiger partial charge in [-0.3, -0.25) is 4.79 Å². The van der Waals surface area contributed by atoms with Gasteiger partial charge in [-0.05, 0) is 36.0 Å². The molecule has 2 nitrogen and oxygen atoms in total. The van der Waals surface area contributed by atoms with Crippen molar-refractivity contribution in [3.8, 4) is 5.75 Å². The van der Waals surface area contributed by atoms with Crippen molar-refractivity contribution >= 4 is 5.78 Å². The van der Waals surface area contributed by atoms with E-state index in [9.17, 15) is 9.90 Å². The molecular formula is C17H16O2. The number of hydrogen-bond donors (Lipinski definition) is 1. The number of carbonyl (C=O) groups is 1. The minimum Gasteiger partial charge on any atom is -0.507 e. The maximum atomic E-state index is 11.9. The molecule has 2 aromatic carbocycles. The van der Waals surface area contributed by atoms with Crippen molar-refractivity contribution in [2.24, 2.45) is 0 Å². The standard InChI is InChI=1S/C17H16O2/c18-15-8-4-7-14-13(11-16(19)17(14)15)10-9-12-5-2-1-3-6-12/h1-8,13,18H,9-11H2. The number of phenols is 1. The Morgan fingerprint density at radius 1 is 1.05 bits per heavy atom. The number of carbonyl (C=O) groups excluding carboxylic acids is 1. The fourth-order valence-electron chi connectivity index (χ4n) is 2.88. The highest BCUT2D eigenvalue weighted by Gasteiger charge is 2.31. The highest BCUT2D eigenvalue weighted by molar-refractivity contribution is 6.03.